The van der Waals surface area contributed by atoms with Crippen LogP contribution in [0.3, 0.4) is 0 Å². The van der Waals surface area contributed by atoms with E-state index in [2.05, 4.69) is 10.6 Å². The number of carbonyl (C=O) groups excluding carboxylic acids is 1. The number of hydrogen-bond donors (Lipinski definition) is 3. The van der Waals surface area contributed by atoms with Crippen molar-refractivity contribution >= 4 is 21.6 Å². The summed E-state index contributed by atoms with van der Waals surface area (Å²) in [4.78, 5) is 25.1. The van der Waals surface area contributed by atoms with Gasteiger partial charge in [0.15, 0.2) is 9.76 Å². The maximum atomic E-state index is 14.0. The fourth-order valence-corrected chi connectivity index (χ4v) is 7.10. The molecule has 9 nitrogen and oxygen atoms in total. The van der Waals surface area contributed by atoms with Gasteiger partial charge in [0.05, 0.1) is 10.8 Å². The lowest BCUT2D eigenvalue weighted by molar-refractivity contribution is -0.477. The molecular formula is C28H39N5O4S+. The summed E-state index contributed by atoms with van der Waals surface area (Å²) in [6, 6.07) is 15.3. The maximum absolute atomic E-state index is 14.0. The molecule has 1 atom stereocenters. The predicted molar refractivity (Wildman–Crippen MR) is 147 cm³/mol. The number of amides is 1. The highest BCUT2D eigenvalue weighted by molar-refractivity contribution is 7.89. The van der Waals surface area contributed by atoms with Crippen molar-refractivity contribution in [1.29, 1.82) is 0 Å². The molecule has 1 radical (unpaired) electrons. The summed E-state index contributed by atoms with van der Waals surface area (Å²) in [6.07, 6.45) is 6.75. The van der Waals surface area contributed by atoms with Gasteiger partial charge >= 0.3 is 5.69 Å². The van der Waals surface area contributed by atoms with E-state index in [-0.39, 0.29) is 27.9 Å². The van der Waals surface area contributed by atoms with E-state index in [0.717, 1.165) is 63.1 Å². The van der Waals surface area contributed by atoms with Crippen molar-refractivity contribution in [2.24, 2.45) is 11.8 Å². The van der Waals surface area contributed by atoms with Crippen molar-refractivity contribution in [2.45, 2.75) is 62.3 Å². The van der Waals surface area contributed by atoms with Crippen LogP contribution >= 0.6 is 0 Å². The number of piperidine rings is 1. The monoisotopic (exact) mass is 541 g/mol. The number of rotatable bonds is 12. The first kappa shape index (κ1) is 28.2. The molecule has 0 bridgehead atoms. The van der Waals surface area contributed by atoms with Gasteiger partial charge < -0.3 is 10.6 Å². The summed E-state index contributed by atoms with van der Waals surface area (Å²) in [6.45, 7) is 2.23. The molecule has 2 aliphatic rings. The Kier molecular flexibility index (Phi) is 9.87. The van der Waals surface area contributed by atoms with Crippen LogP contribution in [-0.4, -0.2) is 55.7 Å². The van der Waals surface area contributed by atoms with Crippen LogP contribution in [-0.2, 0) is 21.2 Å². The van der Waals surface area contributed by atoms with Crippen LogP contribution in [0.5, 0.6) is 0 Å². The van der Waals surface area contributed by atoms with Gasteiger partial charge in [-0.05, 0) is 69.2 Å². The number of nitroso groups, excluding NO2 is 1. The third kappa shape index (κ3) is 7.39. The fourth-order valence-electron chi connectivity index (χ4n) is 5.42. The Morgan fingerprint density at radius 2 is 1.71 bits per heavy atom. The standard InChI is InChI=1S/C28H38N5O4S/c29-33(35)26-12-6-7-13-27(26)38(36,37)32(19-16-22-14-17-30-18-15-22)21-25(20-23-8-2-1-3-9-23)31-28(34)24-10-4-5-11-24/h1-3,6-9,12-13,22,25,30H,4-5,10-11,14-21H2,(H2-,29,31,34,35)/p+1/t25-/m1/s1. The van der Waals surface area contributed by atoms with Gasteiger partial charge in [0.1, 0.15) is 0 Å². The molecule has 1 amide bonds. The third-order valence-corrected chi connectivity index (χ3v) is 9.49. The Bertz CT molecular complexity index is 1180. The van der Waals surface area contributed by atoms with Crippen LogP contribution in [0, 0.1) is 16.7 Å². The van der Waals surface area contributed by atoms with Gasteiger partial charge in [0.2, 0.25) is 15.9 Å². The van der Waals surface area contributed by atoms with Crippen LogP contribution in [0.15, 0.2) is 59.5 Å². The van der Waals surface area contributed by atoms with Gasteiger partial charge in [0, 0.05) is 25.2 Å². The first-order valence-corrected chi connectivity index (χ1v) is 15.0. The SMILES string of the molecule is N[N+](=O)c1ccccc1S(=O)(=O)N(CCC1CCNCC1)C[C@@H](Cc1ccccc1)NC(=O)[C]1CCCC1. The van der Waals surface area contributed by atoms with Crippen molar-refractivity contribution in [3.63, 3.8) is 0 Å². The minimum absolute atomic E-state index is 0.0905. The second-order valence-corrected chi connectivity index (χ2v) is 12.2. The van der Waals surface area contributed by atoms with Crippen LogP contribution in [0.4, 0.5) is 5.69 Å². The van der Waals surface area contributed by atoms with Crippen molar-refractivity contribution in [3.05, 3.63) is 71.0 Å². The number of nitrogens with zero attached hydrogens (tertiary/aromatic N) is 2. The summed E-state index contributed by atoms with van der Waals surface area (Å²) < 4.78 is 29.5. The quantitative estimate of drug-likeness (QED) is 0.215. The van der Waals surface area contributed by atoms with E-state index < -0.39 is 16.1 Å². The highest BCUT2D eigenvalue weighted by atomic mass is 32.2. The number of carbonyl (C=O) groups is 1. The summed E-state index contributed by atoms with van der Waals surface area (Å²) in [5, 5.41) is 6.50. The Hall–Kier alpha value is -2.82. The van der Waals surface area contributed by atoms with E-state index in [1.165, 1.54) is 16.4 Å². The zero-order chi connectivity index (χ0) is 27.0. The first-order chi connectivity index (χ1) is 18.3. The molecule has 2 aromatic carbocycles. The highest BCUT2D eigenvalue weighted by Crippen LogP contribution is 2.29. The molecule has 10 heteroatoms. The molecule has 4 rings (SSSR count). The number of benzene rings is 2. The molecule has 1 saturated heterocycles. The Morgan fingerprint density at radius 1 is 1.05 bits per heavy atom. The Morgan fingerprint density at radius 3 is 2.39 bits per heavy atom. The molecule has 1 aliphatic carbocycles. The normalized spacial score (nSPS) is 17.9. The Balaban J connectivity index is 1.62. The van der Waals surface area contributed by atoms with E-state index in [4.69, 9.17) is 5.84 Å². The Labute approximate surface area is 225 Å². The summed E-state index contributed by atoms with van der Waals surface area (Å²) in [5.41, 5.74) is 0.905. The van der Waals surface area contributed by atoms with Crippen molar-refractivity contribution in [3.8, 4) is 0 Å². The zero-order valence-electron chi connectivity index (χ0n) is 21.8. The van der Waals surface area contributed by atoms with E-state index >= 15 is 0 Å². The van der Waals surface area contributed by atoms with E-state index in [9.17, 15) is 18.1 Å². The van der Waals surface area contributed by atoms with Gasteiger partial charge in [0.25, 0.3) is 0 Å². The zero-order valence-corrected chi connectivity index (χ0v) is 22.7. The van der Waals surface area contributed by atoms with Gasteiger partial charge in [-0.1, -0.05) is 55.3 Å². The highest BCUT2D eigenvalue weighted by Gasteiger charge is 2.35. The molecule has 2 fully saturated rings. The number of nitrogens with two attached hydrogens (primary N) is 1. The number of para-hydroxylation sites is 1. The number of nitrogens with one attached hydrogen (secondary N) is 2. The molecule has 1 heterocycles. The van der Waals surface area contributed by atoms with Crippen LogP contribution in [0.25, 0.3) is 0 Å². The smallest absolute Gasteiger partial charge is 0.311 e. The summed E-state index contributed by atoms with van der Waals surface area (Å²) in [5.74, 6) is 6.66. The second kappa shape index (κ2) is 13.3. The molecule has 1 saturated carbocycles. The van der Waals surface area contributed by atoms with Crippen molar-refractivity contribution in [1.82, 2.24) is 14.9 Å². The minimum Gasteiger partial charge on any atom is -0.351 e. The van der Waals surface area contributed by atoms with E-state index in [1.54, 1.807) is 12.1 Å². The topological polar surface area (TPSA) is 125 Å². The van der Waals surface area contributed by atoms with E-state index in [1.807, 2.05) is 30.3 Å². The van der Waals surface area contributed by atoms with Gasteiger partial charge in [-0.3, -0.25) is 4.79 Å². The van der Waals surface area contributed by atoms with Gasteiger partial charge in [-0.15, -0.1) is 0 Å². The third-order valence-electron chi connectivity index (χ3n) is 7.58. The van der Waals surface area contributed by atoms with Gasteiger partial charge in [-0.25, -0.2) is 8.42 Å². The number of hydrazine groups is 1. The average molecular weight is 542 g/mol. The van der Waals surface area contributed by atoms with Crippen molar-refractivity contribution < 1.29 is 18.1 Å². The molecular weight excluding hydrogens is 502 g/mol. The molecule has 1 aliphatic heterocycles. The molecule has 205 valence electrons. The molecule has 0 aromatic heterocycles. The maximum Gasteiger partial charge on any atom is 0.311 e. The average Bonchev–Trinajstić information content (AvgIpc) is 3.47. The fraction of sp³-hybridized carbons (Fsp3) is 0.500. The number of hydrogen-bond acceptors (Lipinski definition) is 5. The summed E-state index contributed by atoms with van der Waals surface area (Å²) >= 11 is 0. The molecule has 38 heavy (non-hydrogen) atoms. The lowest BCUT2D eigenvalue weighted by Crippen LogP contribution is -2.48. The predicted octanol–water partition coefficient (Wildman–Crippen LogP) is 3.23. The van der Waals surface area contributed by atoms with Crippen molar-refractivity contribution in [2.75, 3.05) is 26.2 Å². The number of sulfonamides is 1. The molecule has 0 spiro atoms. The lowest BCUT2D eigenvalue weighted by atomic mass is 9.94. The minimum atomic E-state index is -4.08. The lowest BCUT2D eigenvalue weighted by Gasteiger charge is -2.30. The second-order valence-electron chi connectivity index (χ2n) is 10.3. The van der Waals surface area contributed by atoms with Crippen LogP contribution in [0.2, 0.25) is 0 Å². The van der Waals surface area contributed by atoms with Gasteiger partial charge in [-0.2, -0.15) is 10.1 Å². The van der Waals surface area contributed by atoms with Crippen LogP contribution < -0.4 is 16.5 Å². The molecule has 4 N–H and O–H groups in total. The summed E-state index contributed by atoms with van der Waals surface area (Å²) in [7, 11) is -4.08. The van der Waals surface area contributed by atoms with Crippen LogP contribution in [0.1, 0.15) is 50.5 Å². The first-order valence-electron chi connectivity index (χ1n) is 13.6. The van der Waals surface area contributed by atoms with E-state index in [0.29, 0.717) is 25.3 Å². The largest absolute Gasteiger partial charge is 0.351 e. The molecule has 0 unspecified atom stereocenters. The molecule has 2 aromatic rings.